The molecule has 0 atom stereocenters. The largest absolute Gasteiger partial charge is 0.355 e. The quantitative estimate of drug-likeness (QED) is 0.794. The van der Waals surface area contributed by atoms with Crippen molar-refractivity contribution in [2.45, 2.75) is 44.6 Å². The first-order chi connectivity index (χ1) is 8.59. The van der Waals surface area contributed by atoms with Crippen LogP contribution in [0.1, 0.15) is 44.6 Å². The number of hydrogen-bond donors (Lipinski definition) is 1. The number of aromatic amines is 1. The van der Waals surface area contributed by atoms with E-state index in [2.05, 4.69) is 9.97 Å². The fourth-order valence-corrected chi connectivity index (χ4v) is 2.46. The van der Waals surface area contributed by atoms with Gasteiger partial charge in [-0.15, -0.1) is 0 Å². The molecule has 100 valence electrons. The van der Waals surface area contributed by atoms with Crippen LogP contribution >= 0.6 is 0 Å². The summed E-state index contributed by atoms with van der Waals surface area (Å²) in [6.07, 6.45) is 6.31. The maximum absolute atomic E-state index is 12.0. The molecule has 1 aliphatic carbocycles. The molecular formula is C12H20N4O2. The molecule has 0 unspecified atom stereocenters. The highest BCUT2D eigenvalue weighted by molar-refractivity contribution is 5.23. The zero-order valence-corrected chi connectivity index (χ0v) is 11.0. The van der Waals surface area contributed by atoms with E-state index in [1.165, 1.54) is 17.4 Å². The molecule has 0 amide bonds. The highest BCUT2D eigenvalue weighted by atomic mass is 16.2. The van der Waals surface area contributed by atoms with Crippen LogP contribution in [0.3, 0.4) is 0 Å². The summed E-state index contributed by atoms with van der Waals surface area (Å²) in [6.45, 7) is 0. The van der Waals surface area contributed by atoms with Gasteiger partial charge in [0.15, 0.2) is 0 Å². The van der Waals surface area contributed by atoms with Gasteiger partial charge in [-0.3, -0.25) is 4.98 Å². The van der Waals surface area contributed by atoms with Crippen molar-refractivity contribution < 1.29 is 0 Å². The molecule has 1 aromatic rings. The van der Waals surface area contributed by atoms with E-state index in [0.29, 0.717) is 5.95 Å². The molecule has 6 nitrogen and oxygen atoms in total. The molecule has 0 aliphatic heterocycles. The van der Waals surface area contributed by atoms with Crippen LogP contribution in [0.2, 0.25) is 0 Å². The number of nitrogens with zero attached hydrogens (tertiary/aromatic N) is 3. The lowest BCUT2D eigenvalue weighted by Gasteiger charge is -2.17. The second kappa shape index (κ2) is 5.37. The van der Waals surface area contributed by atoms with Crippen LogP contribution in [-0.4, -0.2) is 28.6 Å². The Balaban J connectivity index is 2.38. The first-order valence-electron chi connectivity index (χ1n) is 6.50. The van der Waals surface area contributed by atoms with Crippen molar-refractivity contribution in [1.29, 1.82) is 0 Å². The highest BCUT2D eigenvalue weighted by Gasteiger charge is 2.19. The Labute approximate surface area is 106 Å². The summed E-state index contributed by atoms with van der Waals surface area (Å²) in [7, 11) is 3.49. The topological polar surface area (TPSA) is 71.0 Å². The van der Waals surface area contributed by atoms with E-state index in [0.717, 1.165) is 25.7 Å². The van der Waals surface area contributed by atoms with Crippen LogP contribution in [0.15, 0.2) is 9.59 Å². The minimum Gasteiger partial charge on any atom is -0.348 e. The lowest BCUT2D eigenvalue weighted by atomic mass is 10.1. The molecule has 6 heteroatoms. The van der Waals surface area contributed by atoms with Crippen LogP contribution in [0.5, 0.6) is 0 Å². The second-order valence-electron chi connectivity index (χ2n) is 5.06. The fourth-order valence-electron chi connectivity index (χ4n) is 2.46. The van der Waals surface area contributed by atoms with Gasteiger partial charge in [0, 0.05) is 20.1 Å². The van der Waals surface area contributed by atoms with Crippen molar-refractivity contribution in [2.24, 2.45) is 0 Å². The molecule has 0 spiro atoms. The molecule has 1 aromatic heterocycles. The van der Waals surface area contributed by atoms with E-state index in [4.69, 9.17) is 0 Å². The molecule has 1 saturated carbocycles. The summed E-state index contributed by atoms with van der Waals surface area (Å²) < 4.78 is 1.29. The minimum absolute atomic E-state index is 0.00691. The Morgan fingerprint density at radius 3 is 2.28 bits per heavy atom. The number of anilines is 1. The van der Waals surface area contributed by atoms with Gasteiger partial charge in [-0.25, -0.2) is 14.2 Å². The van der Waals surface area contributed by atoms with Crippen molar-refractivity contribution in [3.05, 3.63) is 21.0 Å². The van der Waals surface area contributed by atoms with E-state index in [-0.39, 0.29) is 11.7 Å². The van der Waals surface area contributed by atoms with Crippen molar-refractivity contribution in [3.8, 4) is 0 Å². The van der Waals surface area contributed by atoms with Gasteiger partial charge >= 0.3 is 11.4 Å². The van der Waals surface area contributed by atoms with Crippen molar-refractivity contribution in [1.82, 2.24) is 14.5 Å². The van der Waals surface area contributed by atoms with Gasteiger partial charge in [-0.2, -0.15) is 4.98 Å². The van der Waals surface area contributed by atoms with Gasteiger partial charge in [0.2, 0.25) is 5.95 Å². The van der Waals surface area contributed by atoms with E-state index in [1.54, 1.807) is 19.0 Å². The van der Waals surface area contributed by atoms with Crippen LogP contribution in [0.25, 0.3) is 0 Å². The minimum atomic E-state index is -0.436. The van der Waals surface area contributed by atoms with Crippen molar-refractivity contribution >= 4 is 5.95 Å². The Morgan fingerprint density at radius 1 is 1.17 bits per heavy atom. The lowest BCUT2D eigenvalue weighted by Crippen LogP contribution is -2.41. The SMILES string of the molecule is CN(C)c1nc(=O)n(C2CCCCCC2)c(=O)[nH]1. The second-order valence-corrected chi connectivity index (χ2v) is 5.06. The van der Waals surface area contributed by atoms with Crippen LogP contribution in [0, 0.1) is 0 Å². The highest BCUT2D eigenvalue weighted by Crippen LogP contribution is 2.24. The lowest BCUT2D eigenvalue weighted by molar-refractivity contribution is 0.407. The first kappa shape index (κ1) is 12.9. The van der Waals surface area contributed by atoms with E-state index in [9.17, 15) is 9.59 Å². The van der Waals surface area contributed by atoms with E-state index in [1.807, 2.05) is 0 Å². The van der Waals surface area contributed by atoms with Gasteiger partial charge in [-0.05, 0) is 12.8 Å². The summed E-state index contributed by atoms with van der Waals surface area (Å²) in [5, 5.41) is 0. The summed E-state index contributed by atoms with van der Waals surface area (Å²) in [5.41, 5.74) is -0.778. The Hall–Kier alpha value is -1.59. The predicted octanol–water partition coefficient (Wildman–Crippen LogP) is 0.893. The summed E-state index contributed by atoms with van der Waals surface area (Å²) in [5.74, 6) is 0.315. The molecular weight excluding hydrogens is 232 g/mol. The Kier molecular flexibility index (Phi) is 3.84. The molecule has 1 N–H and O–H groups in total. The van der Waals surface area contributed by atoms with Crippen LogP contribution < -0.4 is 16.3 Å². The average Bonchev–Trinajstić information content (AvgIpc) is 2.57. The molecule has 0 saturated heterocycles. The normalized spacial score (nSPS) is 17.4. The van der Waals surface area contributed by atoms with Gasteiger partial charge in [-0.1, -0.05) is 25.7 Å². The van der Waals surface area contributed by atoms with E-state index >= 15 is 0 Å². The molecule has 2 rings (SSSR count). The molecule has 0 bridgehead atoms. The molecule has 1 aliphatic rings. The average molecular weight is 252 g/mol. The molecule has 1 fully saturated rings. The number of rotatable bonds is 2. The molecule has 18 heavy (non-hydrogen) atoms. The summed E-state index contributed by atoms with van der Waals surface area (Å²) >= 11 is 0. The standard InChI is InChI=1S/C12H20N4O2/c1-15(2)10-13-11(17)16(12(18)14-10)9-7-5-3-4-6-8-9/h9H,3-8H2,1-2H3,(H,13,14,17,18). The Morgan fingerprint density at radius 2 is 1.78 bits per heavy atom. The molecule has 0 aromatic carbocycles. The van der Waals surface area contributed by atoms with Gasteiger partial charge in [0.25, 0.3) is 0 Å². The van der Waals surface area contributed by atoms with Gasteiger partial charge in [0.1, 0.15) is 0 Å². The third kappa shape index (κ3) is 2.63. The monoisotopic (exact) mass is 252 g/mol. The third-order valence-electron chi connectivity index (χ3n) is 3.46. The summed E-state index contributed by atoms with van der Waals surface area (Å²) in [4.78, 5) is 32.2. The Bertz CT molecular complexity index is 478. The molecule has 1 heterocycles. The van der Waals surface area contributed by atoms with Gasteiger partial charge in [0.05, 0.1) is 0 Å². The number of hydrogen-bond acceptors (Lipinski definition) is 4. The predicted molar refractivity (Wildman–Crippen MR) is 70.2 cm³/mol. The zero-order valence-electron chi connectivity index (χ0n) is 11.0. The maximum atomic E-state index is 12.0. The van der Waals surface area contributed by atoms with E-state index < -0.39 is 5.69 Å². The van der Waals surface area contributed by atoms with Gasteiger partial charge < -0.3 is 4.90 Å². The number of nitrogens with one attached hydrogen (secondary N) is 1. The number of aromatic nitrogens is 3. The first-order valence-corrected chi connectivity index (χ1v) is 6.50. The molecule has 0 radical (unpaired) electrons. The fraction of sp³-hybridized carbons (Fsp3) is 0.750. The zero-order chi connectivity index (χ0) is 13.1. The van der Waals surface area contributed by atoms with Crippen molar-refractivity contribution in [2.75, 3.05) is 19.0 Å². The summed E-state index contributed by atoms with van der Waals surface area (Å²) in [6, 6.07) is 0.00691. The van der Waals surface area contributed by atoms with Crippen molar-refractivity contribution in [3.63, 3.8) is 0 Å². The van der Waals surface area contributed by atoms with Crippen LogP contribution in [0.4, 0.5) is 5.95 Å². The smallest absolute Gasteiger partial charge is 0.348 e. The number of H-pyrrole nitrogens is 1. The maximum Gasteiger partial charge on any atom is 0.355 e. The third-order valence-corrected chi connectivity index (χ3v) is 3.46. The van der Waals surface area contributed by atoms with Crippen LogP contribution in [-0.2, 0) is 0 Å².